The number of nitrogens with two attached hydrogens (primary N) is 1. The first-order chi connectivity index (χ1) is 8.09. The molecule has 0 saturated carbocycles. The second kappa shape index (κ2) is 5.25. The van der Waals surface area contributed by atoms with E-state index in [1.54, 1.807) is 0 Å². The third-order valence-electron chi connectivity index (χ3n) is 3.05. The molecule has 1 aliphatic rings. The smallest absolute Gasteiger partial charge is 0.0863 e. The quantitative estimate of drug-likeness (QED) is 0.747. The zero-order valence-electron chi connectivity index (χ0n) is 9.58. The normalized spacial score (nSPS) is 18.9. The minimum atomic E-state index is -0.687. The van der Waals surface area contributed by atoms with Gasteiger partial charge in [0.1, 0.15) is 0 Å². The minimum Gasteiger partial charge on any atom is -0.397 e. The maximum atomic E-state index is 10.3. The van der Waals surface area contributed by atoms with Gasteiger partial charge in [-0.25, -0.2) is 0 Å². The summed E-state index contributed by atoms with van der Waals surface area (Å²) in [5, 5.41) is 13.5. The Balaban J connectivity index is 1.99. The van der Waals surface area contributed by atoms with E-state index in [0.29, 0.717) is 38.3 Å². The van der Waals surface area contributed by atoms with E-state index in [1.165, 1.54) is 0 Å². The van der Waals surface area contributed by atoms with Gasteiger partial charge in [-0.15, -0.1) is 0 Å². The van der Waals surface area contributed by atoms with Crippen LogP contribution in [-0.2, 0) is 4.74 Å². The number of rotatable bonds is 3. The van der Waals surface area contributed by atoms with Crippen molar-refractivity contribution in [3.05, 3.63) is 22.7 Å². The number of ether oxygens (including phenoxy) is 1. The monoisotopic (exact) mass is 300 g/mol. The van der Waals surface area contributed by atoms with E-state index in [2.05, 4.69) is 21.2 Å². The maximum Gasteiger partial charge on any atom is 0.0863 e. The molecule has 0 atom stereocenters. The molecule has 0 bridgehead atoms. The van der Waals surface area contributed by atoms with Crippen molar-refractivity contribution in [3.63, 3.8) is 0 Å². The van der Waals surface area contributed by atoms with Gasteiger partial charge >= 0.3 is 0 Å². The first kappa shape index (κ1) is 12.7. The van der Waals surface area contributed by atoms with E-state index < -0.39 is 5.60 Å². The lowest BCUT2D eigenvalue weighted by Gasteiger charge is -2.32. The van der Waals surface area contributed by atoms with Crippen molar-refractivity contribution in [1.29, 1.82) is 0 Å². The Morgan fingerprint density at radius 3 is 2.82 bits per heavy atom. The van der Waals surface area contributed by atoms with Gasteiger partial charge in [0.05, 0.1) is 17.0 Å². The Morgan fingerprint density at radius 2 is 2.12 bits per heavy atom. The molecule has 1 aromatic carbocycles. The lowest BCUT2D eigenvalue weighted by Crippen LogP contribution is -2.42. The molecule has 0 radical (unpaired) electrons. The van der Waals surface area contributed by atoms with E-state index in [4.69, 9.17) is 10.5 Å². The molecule has 2 rings (SSSR count). The highest BCUT2D eigenvalue weighted by molar-refractivity contribution is 9.10. The highest BCUT2D eigenvalue weighted by atomic mass is 79.9. The fraction of sp³-hybridized carbons (Fsp3) is 0.500. The Kier molecular flexibility index (Phi) is 3.91. The first-order valence-electron chi connectivity index (χ1n) is 5.68. The molecular formula is C12H17BrN2O2. The van der Waals surface area contributed by atoms with Crippen molar-refractivity contribution in [2.24, 2.45) is 0 Å². The zero-order chi connectivity index (χ0) is 12.3. The molecule has 0 aromatic heterocycles. The van der Waals surface area contributed by atoms with E-state index in [0.717, 1.165) is 10.2 Å². The van der Waals surface area contributed by atoms with Gasteiger partial charge in [-0.1, -0.05) is 15.9 Å². The molecule has 1 aliphatic heterocycles. The summed E-state index contributed by atoms with van der Waals surface area (Å²) in [6, 6.07) is 5.64. The number of hydrogen-bond donors (Lipinski definition) is 3. The van der Waals surface area contributed by atoms with Crippen LogP contribution >= 0.6 is 15.9 Å². The summed E-state index contributed by atoms with van der Waals surface area (Å²) in [5.74, 6) is 0. The Hall–Kier alpha value is -0.780. The van der Waals surface area contributed by atoms with Crippen LogP contribution in [-0.4, -0.2) is 30.5 Å². The van der Waals surface area contributed by atoms with Crippen LogP contribution in [0.1, 0.15) is 12.8 Å². The summed E-state index contributed by atoms with van der Waals surface area (Å²) in [6.07, 6.45) is 1.32. The summed E-state index contributed by atoms with van der Waals surface area (Å²) in [6.45, 7) is 1.73. The van der Waals surface area contributed by atoms with E-state index in [1.807, 2.05) is 18.2 Å². The topological polar surface area (TPSA) is 67.5 Å². The number of anilines is 2. The van der Waals surface area contributed by atoms with Gasteiger partial charge in [-0.05, 0) is 18.2 Å². The van der Waals surface area contributed by atoms with Crippen molar-refractivity contribution >= 4 is 27.3 Å². The molecular weight excluding hydrogens is 284 g/mol. The first-order valence-corrected chi connectivity index (χ1v) is 6.47. The number of nitrogens with one attached hydrogen (secondary N) is 1. The zero-order valence-corrected chi connectivity index (χ0v) is 11.2. The summed E-state index contributed by atoms with van der Waals surface area (Å²) in [5.41, 5.74) is 6.70. The lowest BCUT2D eigenvalue weighted by molar-refractivity contribution is -0.0543. The molecule has 1 fully saturated rings. The highest BCUT2D eigenvalue weighted by Crippen LogP contribution is 2.26. The standard InChI is InChI=1S/C12H17BrN2O2/c13-9-1-2-10(14)11(7-9)15-8-12(16)3-5-17-6-4-12/h1-2,7,15-16H,3-6,8,14H2. The fourth-order valence-corrected chi connectivity index (χ4v) is 2.23. The van der Waals surface area contributed by atoms with Crippen molar-refractivity contribution in [3.8, 4) is 0 Å². The molecule has 4 N–H and O–H groups in total. The third-order valence-corrected chi connectivity index (χ3v) is 3.54. The van der Waals surface area contributed by atoms with E-state index in [-0.39, 0.29) is 0 Å². The SMILES string of the molecule is Nc1ccc(Br)cc1NCC1(O)CCOCC1. The van der Waals surface area contributed by atoms with Crippen molar-refractivity contribution < 1.29 is 9.84 Å². The van der Waals surface area contributed by atoms with Crippen LogP contribution in [0.2, 0.25) is 0 Å². The molecule has 5 heteroatoms. The molecule has 94 valence electrons. The van der Waals surface area contributed by atoms with Crippen molar-refractivity contribution in [1.82, 2.24) is 0 Å². The molecule has 1 saturated heterocycles. The molecule has 0 amide bonds. The maximum absolute atomic E-state index is 10.3. The Labute approximate surface area is 109 Å². The van der Waals surface area contributed by atoms with Crippen LogP contribution in [0.5, 0.6) is 0 Å². The van der Waals surface area contributed by atoms with Gasteiger partial charge in [0.25, 0.3) is 0 Å². The number of benzene rings is 1. The van der Waals surface area contributed by atoms with Gasteiger partial charge in [0.15, 0.2) is 0 Å². The van der Waals surface area contributed by atoms with Crippen LogP contribution in [0.25, 0.3) is 0 Å². The van der Waals surface area contributed by atoms with Crippen molar-refractivity contribution in [2.45, 2.75) is 18.4 Å². The van der Waals surface area contributed by atoms with Gasteiger partial charge in [0.2, 0.25) is 0 Å². The number of halogens is 1. The van der Waals surface area contributed by atoms with Crippen LogP contribution in [0.15, 0.2) is 22.7 Å². The Bertz CT molecular complexity index is 392. The highest BCUT2D eigenvalue weighted by Gasteiger charge is 2.29. The molecule has 0 aliphatic carbocycles. The molecule has 0 unspecified atom stereocenters. The van der Waals surface area contributed by atoms with Gasteiger partial charge in [-0.3, -0.25) is 0 Å². The molecule has 1 aromatic rings. The summed E-state index contributed by atoms with van der Waals surface area (Å²) >= 11 is 3.40. The van der Waals surface area contributed by atoms with Crippen LogP contribution < -0.4 is 11.1 Å². The van der Waals surface area contributed by atoms with E-state index >= 15 is 0 Å². The lowest BCUT2D eigenvalue weighted by atomic mass is 9.94. The van der Waals surface area contributed by atoms with E-state index in [9.17, 15) is 5.11 Å². The number of hydrogen-bond acceptors (Lipinski definition) is 4. The van der Waals surface area contributed by atoms with Crippen LogP contribution in [0.4, 0.5) is 11.4 Å². The minimum absolute atomic E-state index is 0.497. The predicted molar refractivity (Wildman–Crippen MR) is 72.0 cm³/mol. The molecule has 17 heavy (non-hydrogen) atoms. The van der Waals surface area contributed by atoms with Crippen molar-refractivity contribution in [2.75, 3.05) is 30.8 Å². The molecule has 1 heterocycles. The summed E-state index contributed by atoms with van der Waals surface area (Å²) < 4.78 is 6.21. The Morgan fingerprint density at radius 1 is 1.41 bits per heavy atom. The van der Waals surface area contributed by atoms with Crippen LogP contribution in [0.3, 0.4) is 0 Å². The number of aliphatic hydroxyl groups is 1. The fourth-order valence-electron chi connectivity index (χ4n) is 1.87. The van der Waals surface area contributed by atoms with Gasteiger partial charge in [0, 0.05) is 37.1 Å². The number of nitrogen functional groups attached to an aromatic ring is 1. The molecule has 4 nitrogen and oxygen atoms in total. The predicted octanol–water partition coefficient (Wildman–Crippen LogP) is 1.98. The average Bonchev–Trinajstić information content (AvgIpc) is 2.31. The largest absolute Gasteiger partial charge is 0.397 e. The van der Waals surface area contributed by atoms with Crippen LogP contribution in [0, 0.1) is 0 Å². The summed E-state index contributed by atoms with van der Waals surface area (Å²) in [4.78, 5) is 0. The van der Waals surface area contributed by atoms with Gasteiger partial charge < -0.3 is 20.9 Å². The average molecular weight is 301 g/mol. The summed E-state index contributed by atoms with van der Waals surface area (Å²) in [7, 11) is 0. The van der Waals surface area contributed by atoms with Gasteiger partial charge in [-0.2, -0.15) is 0 Å². The second-order valence-electron chi connectivity index (χ2n) is 4.42. The second-order valence-corrected chi connectivity index (χ2v) is 5.34. The third kappa shape index (κ3) is 3.34. The molecule has 0 spiro atoms.